The van der Waals surface area contributed by atoms with Crippen molar-refractivity contribution in [1.82, 2.24) is 9.55 Å². The van der Waals surface area contributed by atoms with Crippen molar-refractivity contribution in [2.24, 2.45) is 0 Å². The first kappa shape index (κ1) is 14.7. The van der Waals surface area contributed by atoms with E-state index in [0.29, 0.717) is 6.42 Å². The molecule has 4 rings (SSSR count). The summed E-state index contributed by atoms with van der Waals surface area (Å²) in [7, 11) is 0. The van der Waals surface area contributed by atoms with E-state index in [1.165, 1.54) is 11.1 Å². The summed E-state index contributed by atoms with van der Waals surface area (Å²) in [4.78, 5) is 16.9. The smallest absolute Gasteiger partial charge is 0.226 e. The fourth-order valence-corrected chi connectivity index (χ4v) is 3.25. The molecule has 1 aliphatic heterocycles. The summed E-state index contributed by atoms with van der Waals surface area (Å²) in [5.74, 6) is 0.807. The van der Waals surface area contributed by atoms with Gasteiger partial charge in [-0.25, -0.2) is 4.98 Å². The van der Waals surface area contributed by atoms with Gasteiger partial charge in [0.15, 0.2) is 0 Å². The van der Waals surface area contributed by atoms with Crippen LogP contribution >= 0.6 is 0 Å². The Hall–Kier alpha value is -2.88. The van der Waals surface area contributed by atoms with Crippen molar-refractivity contribution in [3.05, 3.63) is 77.2 Å². The Bertz CT molecular complexity index is 912. The second-order valence-corrected chi connectivity index (χ2v) is 6.33. The molecule has 0 spiro atoms. The van der Waals surface area contributed by atoms with Crippen LogP contribution in [0.1, 0.15) is 34.7 Å². The summed E-state index contributed by atoms with van der Waals surface area (Å²) in [6.45, 7) is 4.20. The number of nitrogens with zero attached hydrogens (tertiary/aromatic N) is 2. The Labute approximate surface area is 141 Å². The minimum Gasteiger partial charge on any atom is -0.310 e. The number of fused-ring (bicyclic) bond motifs is 1. The zero-order valence-corrected chi connectivity index (χ0v) is 13.8. The molecule has 1 atom stereocenters. The van der Waals surface area contributed by atoms with Crippen LogP contribution in [-0.2, 0) is 4.79 Å². The molecule has 1 aromatic heterocycles. The number of rotatable bonds is 2. The Balaban J connectivity index is 1.82. The Morgan fingerprint density at radius 3 is 2.62 bits per heavy atom. The fourth-order valence-electron chi connectivity index (χ4n) is 3.25. The second-order valence-electron chi connectivity index (χ2n) is 6.33. The predicted octanol–water partition coefficient (Wildman–Crippen LogP) is 3.96. The van der Waals surface area contributed by atoms with E-state index in [4.69, 9.17) is 0 Å². The maximum atomic E-state index is 12.3. The first-order valence-corrected chi connectivity index (χ1v) is 8.13. The molecular weight excluding hydrogens is 298 g/mol. The lowest BCUT2D eigenvalue weighted by atomic mass is 9.88. The molecule has 4 heteroatoms. The van der Waals surface area contributed by atoms with E-state index in [1.807, 2.05) is 34.9 Å². The first-order valence-electron chi connectivity index (χ1n) is 8.13. The number of para-hydroxylation sites is 1. The summed E-state index contributed by atoms with van der Waals surface area (Å²) < 4.78 is 1.94. The van der Waals surface area contributed by atoms with Crippen LogP contribution < -0.4 is 5.32 Å². The topological polar surface area (TPSA) is 46.9 Å². The van der Waals surface area contributed by atoms with Gasteiger partial charge in [-0.05, 0) is 42.7 Å². The van der Waals surface area contributed by atoms with E-state index < -0.39 is 0 Å². The number of aryl methyl sites for hydroxylation is 2. The second kappa shape index (κ2) is 5.64. The number of anilines is 1. The number of benzene rings is 2. The van der Waals surface area contributed by atoms with Gasteiger partial charge in [0.25, 0.3) is 0 Å². The van der Waals surface area contributed by atoms with Gasteiger partial charge >= 0.3 is 0 Å². The number of imidazole rings is 1. The third kappa shape index (κ3) is 2.40. The van der Waals surface area contributed by atoms with Crippen LogP contribution in [0.4, 0.5) is 5.82 Å². The third-order valence-corrected chi connectivity index (χ3v) is 4.74. The van der Waals surface area contributed by atoms with E-state index in [0.717, 1.165) is 22.8 Å². The van der Waals surface area contributed by atoms with Gasteiger partial charge in [0, 0.05) is 18.0 Å². The van der Waals surface area contributed by atoms with Crippen LogP contribution in [0, 0.1) is 13.8 Å². The summed E-state index contributed by atoms with van der Waals surface area (Å²) in [5, 5.41) is 2.99. The van der Waals surface area contributed by atoms with Gasteiger partial charge in [-0.2, -0.15) is 0 Å². The van der Waals surface area contributed by atoms with Crippen molar-refractivity contribution in [3.8, 4) is 5.69 Å². The monoisotopic (exact) mass is 317 g/mol. The van der Waals surface area contributed by atoms with E-state index in [9.17, 15) is 4.79 Å². The van der Waals surface area contributed by atoms with Crippen LogP contribution in [0.3, 0.4) is 0 Å². The highest BCUT2D eigenvalue weighted by Crippen LogP contribution is 2.37. The lowest BCUT2D eigenvalue weighted by Crippen LogP contribution is -2.25. The molecule has 1 N–H and O–H groups in total. The van der Waals surface area contributed by atoms with Crippen molar-refractivity contribution >= 4 is 11.7 Å². The lowest BCUT2D eigenvalue weighted by Gasteiger charge is -2.24. The normalized spacial score (nSPS) is 16.6. The highest BCUT2D eigenvalue weighted by atomic mass is 16.1. The van der Waals surface area contributed by atoms with E-state index in [-0.39, 0.29) is 11.8 Å². The maximum Gasteiger partial charge on any atom is 0.226 e. The van der Waals surface area contributed by atoms with Gasteiger partial charge in [0.2, 0.25) is 5.91 Å². The van der Waals surface area contributed by atoms with Crippen molar-refractivity contribution in [2.75, 3.05) is 5.32 Å². The quantitative estimate of drug-likeness (QED) is 0.777. The predicted molar refractivity (Wildman–Crippen MR) is 94.6 cm³/mol. The van der Waals surface area contributed by atoms with Crippen LogP contribution in [0.2, 0.25) is 0 Å². The molecule has 120 valence electrons. The minimum absolute atomic E-state index is 0.00184. The van der Waals surface area contributed by atoms with E-state index in [2.05, 4.69) is 42.3 Å². The van der Waals surface area contributed by atoms with Gasteiger partial charge in [-0.1, -0.05) is 36.4 Å². The van der Waals surface area contributed by atoms with E-state index in [1.54, 1.807) is 6.33 Å². The number of carbonyl (C=O) groups is 1. The van der Waals surface area contributed by atoms with Gasteiger partial charge in [-0.3, -0.25) is 9.36 Å². The van der Waals surface area contributed by atoms with Crippen LogP contribution in [0.15, 0.2) is 54.9 Å². The van der Waals surface area contributed by atoms with Crippen molar-refractivity contribution in [2.45, 2.75) is 26.2 Å². The summed E-state index contributed by atoms with van der Waals surface area (Å²) in [6.07, 6.45) is 2.22. The van der Waals surface area contributed by atoms with Crippen LogP contribution in [-0.4, -0.2) is 15.5 Å². The zero-order chi connectivity index (χ0) is 16.7. The molecule has 0 unspecified atom stereocenters. The van der Waals surface area contributed by atoms with E-state index >= 15 is 0 Å². The van der Waals surface area contributed by atoms with Gasteiger partial charge in [0.05, 0.1) is 5.69 Å². The summed E-state index contributed by atoms with van der Waals surface area (Å²) in [6, 6.07) is 16.3. The highest BCUT2D eigenvalue weighted by Gasteiger charge is 2.31. The minimum atomic E-state index is -0.00184. The molecule has 0 fully saturated rings. The molecule has 1 amide bonds. The number of hydrogen-bond acceptors (Lipinski definition) is 2. The largest absolute Gasteiger partial charge is 0.310 e. The number of amides is 1. The molecule has 24 heavy (non-hydrogen) atoms. The third-order valence-electron chi connectivity index (χ3n) is 4.74. The Kier molecular flexibility index (Phi) is 3.45. The molecule has 0 radical (unpaired) electrons. The molecule has 2 aromatic carbocycles. The Morgan fingerprint density at radius 1 is 1.08 bits per heavy atom. The first-order chi connectivity index (χ1) is 11.6. The molecular formula is C20H19N3O. The standard InChI is InChI=1S/C20H19N3O/c1-13-8-9-15(10-14(13)2)17-11-18(24)22-20-19(17)21-12-23(20)16-6-4-3-5-7-16/h3-10,12,17H,11H2,1-2H3,(H,22,24)/t17-/m0/s1. The SMILES string of the molecule is Cc1ccc([C@@H]2CC(=O)Nc3c2ncn3-c2ccccc2)cc1C. The van der Waals surface area contributed by atoms with Crippen LogP contribution in [0.5, 0.6) is 0 Å². The average molecular weight is 317 g/mol. The van der Waals surface area contributed by atoms with Crippen molar-refractivity contribution in [1.29, 1.82) is 0 Å². The molecule has 2 heterocycles. The van der Waals surface area contributed by atoms with Gasteiger partial charge < -0.3 is 5.32 Å². The number of hydrogen-bond donors (Lipinski definition) is 1. The zero-order valence-electron chi connectivity index (χ0n) is 13.8. The Morgan fingerprint density at radius 2 is 1.88 bits per heavy atom. The summed E-state index contributed by atoms with van der Waals surface area (Å²) >= 11 is 0. The van der Waals surface area contributed by atoms with Gasteiger partial charge in [0.1, 0.15) is 12.1 Å². The molecule has 4 nitrogen and oxygen atoms in total. The lowest BCUT2D eigenvalue weighted by molar-refractivity contribution is -0.116. The fraction of sp³-hybridized carbons (Fsp3) is 0.200. The number of carbonyl (C=O) groups excluding carboxylic acids is 1. The molecule has 0 bridgehead atoms. The number of nitrogens with one attached hydrogen (secondary N) is 1. The molecule has 0 saturated carbocycles. The molecule has 3 aromatic rings. The van der Waals surface area contributed by atoms with Crippen molar-refractivity contribution in [3.63, 3.8) is 0 Å². The highest BCUT2D eigenvalue weighted by molar-refractivity contribution is 5.94. The molecule has 1 aliphatic rings. The van der Waals surface area contributed by atoms with Crippen LogP contribution in [0.25, 0.3) is 5.69 Å². The molecule has 0 saturated heterocycles. The maximum absolute atomic E-state index is 12.3. The van der Waals surface area contributed by atoms with Crippen molar-refractivity contribution < 1.29 is 4.79 Å². The van der Waals surface area contributed by atoms with Gasteiger partial charge in [-0.15, -0.1) is 0 Å². The summed E-state index contributed by atoms with van der Waals surface area (Å²) in [5.41, 5.74) is 5.57. The number of aromatic nitrogens is 2. The average Bonchev–Trinajstić information content (AvgIpc) is 3.01. The molecule has 0 aliphatic carbocycles.